The molecule has 2 fully saturated rings. The standard InChI is InChI=1S/C31H32Cl3N5O2/c32-22-7-5-21(6-8-22)28-25(24-10-9-23(33)19-26(24)34)20-27(39(28)16-4-13-35)29(40)37-17-11-31(12-18-37,30(36)41)38-14-2-1-3-15-38/h5-10,19-20H,1-4,11-12,14-18H2,(H2,36,41). The summed E-state index contributed by atoms with van der Waals surface area (Å²) in [7, 11) is 0. The number of carbonyl (C=O) groups excluding carboxylic acids is 2. The highest BCUT2D eigenvalue weighted by atomic mass is 35.5. The summed E-state index contributed by atoms with van der Waals surface area (Å²) in [6.07, 6.45) is 4.45. The molecule has 10 heteroatoms. The van der Waals surface area contributed by atoms with Crippen molar-refractivity contribution < 1.29 is 9.59 Å². The van der Waals surface area contributed by atoms with Gasteiger partial charge < -0.3 is 15.2 Å². The fourth-order valence-corrected chi connectivity index (χ4v) is 6.87. The summed E-state index contributed by atoms with van der Waals surface area (Å²) in [6, 6.07) is 16.7. The van der Waals surface area contributed by atoms with E-state index in [1.54, 1.807) is 29.2 Å². The van der Waals surface area contributed by atoms with Crippen LogP contribution in [0.1, 0.15) is 49.0 Å². The number of rotatable bonds is 7. The monoisotopic (exact) mass is 611 g/mol. The number of nitrogens with zero attached hydrogens (tertiary/aromatic N) is 4. The number of piperidine rings is 2. The average Bonchev–Trinajstić information content (AvgIpc) is 3.35. The number of likely N-dealkylation sites (tertiary alicyclic amines) is 2. The third-order valence-corrected chi connectivity index (χ3v) is 9.20. The van der Waals surface area contributed by atoms with Gasteiger partial charge in [-0.1, -0.05) is 59.4 Å². The van der Waals surface area contributed by atoms with E-state index in [0.717, 1.165) is 54.7 Å². The molecule has 0 bridgehead atoms. The number of nitriles is 1. The molecule has 2 aromatic carbocycles. The minimum absolute atomic E-state index is 0.161. The van der Waals surface area contributed by atoms with Crippen LogP contribution in [0.2, 0.25) is 15.1 Å². The molecule has 0 radical (unpaired) electrons. The van der Waals surface area contributed by atoms with Crippen molar-refractivity contribution in [2.45, 2.75) is 50.6 Å². The average molecular weight is 613 g/mol. The molecule has 3 heterocycles. The predicted octanol–water partition coefficient (Wildman–Crippen LogP) is 6.64. The lowest BCUT2D eigenvalue weighted by atomic mass is 9.83. The first kappa shape index (κ1) is 29.5. The summed E-state index contributed by atoms with van der Waals surface area (Å²) < 4.78 is 1.90. The second-order valence-electron chi connectivity index (χ2n) is 10.7. The van der Waals surface area contributed by atoms with E-state index in [1.165, 1.54) is 0 Å². The zero-order valence-electron chi connectivity index (χ0n) is 22.7. The molecular formula is C31H32Cl3N5O2. The van der Waals surface area contributed by atoms with E-state index in [0.29, 0.717) is 53.2 Å². The second kappa shape index (κ2) is 12.5. The van der Waals surface area contributed by atoms with Crippen LogP contribution in [0.3, 0.4) is 0 Å². The molecular weight excluding hydrogens is 581 g/mol. The normalized spacial score (nSPS) is 17.3. The highest BCUT2D eigenvalue weighted by Crippen LogP contribution is 2.41. The molecule has 41 heavy (non-hydrogen) atoms. The van der Waals surface area contributed by atoms with Crippen LogP contribution < -0.4 is 5.73 Å². The quantitative estimate of drug-likeness (QED) is 0.324. The van der Waals surface area contributed by atoms with E-state index in [2.05, 4.69) is 11.0 Å². The van der Waals surface area contributed by atoms with Gasteiger partial charge in [0.25, 0.3) is 5.91 Å². The van der Waals surface area contributed by atoms with Crippen molar-refractivity contribution in [1.29, 1.82) is 5.26 Å². The molecule has 1 aromatic heterocycles. The van der Waals surface area contributed by atoms with E-state index < -0.39 is 5.54 Å². The van der Waals surface area contributed by atoms with Gasteiger partial charge in [-0.3, -0.25) is 14.5 Å². The number of benzene rings is 2. The Morgan fingerprint density at radius 3 is 2.15 bits per heavy atom. The number of halogens is 3. The molecule has 0 unspecified atom stereocenters. The fraction of sp³-hybridized carbons (Fsp3) is 0.387. The van der Waals surface area contributed by atoms with E-state index in [4.69, 9.17) is 40.5 Å². The molecule has 214 valence electrons. The number of amides is 2. The third kappa shape index (κ3) is 5.85. The Morgan fingerprint density at radius 1 is 0.878 bits per heavy atom. The zero-order valence-corrected chi connectivity index (χ0v) is 25.0. The van der Waals surface area contributed by atoms with Gasteiger partial charge in [-0.05, 0) is 74.7 Å². The summed E-state index contributed by atoms with van der Waals surface area (Å²) in [5.41, 5.74) is 8.79. The second-order valence-corrected chi connectivity index (χ2v) is 12.0. The summed E-state index contributed by atoms with van der Waals surface area (Å²) >= 11 is 19.1. The van der Waals surface area contributed by atoms with Crippen LogP contribution in [0.15, 0.2) is 48.5 Å². The Bertz CT molecular complexity index is 1480. The van der Waals surface area contributed by atoms with Gasteiger partial charge in [-0.25, -0.2) is 0 Å². The summed E-state index contributed by atoms with van der Waals surface area (Å²) in [4.78, 5) is 31.0. The molecule has 2 aliphatic rings. The van der Waals surface area contributed by atoms with Gasteiger partial charge in [0.15, 0.2) is 0 Å². The Kier molecular flexibility index (Phi) is 8.96. The first-order valence-electron chi connectivity index (χ1n) is 13.9. The molecule has 2 saturated heterocycles. The topological polar surface area (TPSA) is 95.4 Å². The van der Waals surface area contributed by atoms with Crippen molar-refractivity contribution >= 4 is 46.6 Å². The maximum Gasteiger partial charge on any atom is 0.270 e. The van der Waals surface area contributed by atoms with Gasteiger partial charge in [0, 0.05) is 45.8 Å². The molecule has 3 aromatic rings. The van der Waals surface area contributed by atoms with Crippen LogP contribution in [0.4, 0.5) is 0 Å². The molecule has 0 spiro atoms. The lowest BCUT2D eigenvalue weighted by Crippen LogP contribution is -2.63. The molecule has 2 aliphatic heterocycles. The van der Waals surface area contributed by atoms with Crippen molar-refractivity contribution in [3.8, 4) is 28.5 Å². The maximum absolute atomic E-state index is 14.2. The van der Waals surface area contributed by atoms with Crippen molar-refractivity contribution in [2.24, 2.45) is 5.73 Å². The number of carbonyl (C=O) groups is 2. The van der Waals surface area contributed by atoms with E-state index >= 15 is 0 Å². The Balaban J connectivity index is 1.55. The first-order valence-corrected chi connectivity index (χ1v) is 15.0. The van der Waals surface area contributed by atoms with Crippen molar-refractivity contribution in [2.75, 3.05) is 26.2 Å². The Hall–Kier alpha value is -3.02. The van der Waals surface area contributed by atoms with Crippen molar-refractivity contribution in [3.05, 3.63) is 69.3 Å². The number of primary amides is 1. The number of hydrogen-bond donors (Lipinski definition) is 1. The molecule has 2 amide bonds. The van der Waals surface area contributed by atoms with Crippen LogP contribution in [-0.2, 0) is 11.3 Å². The van der Waals surface area contributed by atoms with Crippen LogP contribution in [0, 0.1) is 11.3 Å². The van der Waals surface area contributed by atoms with Gasteiger partial charge in [-0.15, -0.1) is 0 Å². The molecule has 7 nitrogen and oxygen atoms in total. The SMILES string of the molecule is N#CCCn1c(C(=O)N2CCC(C(N)=O)(N3CCCCC3)CC2)cc(-c2ccc(Cl)cc2Cl)c1-c1ccc(Cl)cc1. The van der Waals surface area contributed by atoms with Crippen LogP contribution in [0.25, 0.3) is 22.4 Å². The van der Waals surface area contributed by atoms with E-state index in [1.807, 2.05) is 28.8 Å². The van der Waals surface area contributed by atoms with Gasteiger partial charge in [-0.2, -0.15) is 5.26 Å². The smallest absolute Gasteiger partial charge is 0.270 e. The van der Waals surface area contributed by atoms with Gasteiger partial charge in [0.1, 0.15) is 11.2 Å². The van der Waals surface area contributed by atoms with Crippen molar-refractivity contribution in [1.82, 2.24) is 14.4 Å². The van der Waals surface area contributed by atoms with Crippen molar-refractivity contribution in [3.63, 3.8) is 0 Å². The van der Waals surface area contributed by atoms with E-state index in [9.17, 15) is 14.9 Å². The van der Waals surface area contributed by atoms with Crippen LogP contribution in [0.5, 0.6) is 0 Å². The zero-order chi connectivity index (χ0) is 29.1. The van der Waals surface area contributed by atoms with E-state index in [-0.39, 0.29) is 18.2 Å². The van der Waals surface area contributed by atoms with Gasteiger partial charge >= 0.3 is 0 Å². The molecule has 0 atom stereocenters. The largest absolute Gasteiger partial charge is 0.368 e. The van der Waals surface area contributed by atoms with Crippen LogP contribution >= 0.6 is 34.8 Å². The molecule has 0 saturated carbocycles. The number of nitrogens with two attached hydrogens (primary N) is 1. The molecule has 0 aliphatic carbocycles. The van der Waals surface area contributed by atoms with Gasteiger partial charge in [0.05, 0.1) is 18.2 Å². The van der Waals surface area contributed by atoms with Gasteiger partial charge in [0.2, 0.25) is 5.91 Å². The Morgan fingerprint density at radius 2 is 1.54 bits per heavy atom. The van der Waals surface area contributed by atoms with Crippen LogP contribution in [-0.4, -0.2) is 57.9 Å². The Labute approximate surface area is 255 Å². The highest BCUT2D eigenvalue weighted by Gasteiger charge is 2.46. The summed E-state index contributed by atoms with van der Waals surface area (Å²) in [6.45, 7) is 2.84. The summed E-state index contributed by atoms with van der Waals surface area (Å²) in [5.74, 6) is -0.472. The third-order valence-electron chi connectivity index (χ3n) is 8.40. The number of aromatic nitrogens is 1. The molecule has 2 N–H and O–H groups in total. The maximum atomic E-state index is 14.2. The minimum atomic E-state index is -0.726. The lowest BCUT2D eigenvalue weighted by molar-refractivity contribution is -0.134. The minimum Gasteiger partial charge on any atom is -0.368 e. The first-order chi connectivity index (χ1) is 19.7. The predicted molar refractivity (Wildman–Crippen MR) is 163 cm³/mol. The fourth-order valence-electron chi connectivity index (χ4n) is 6.23. The lowest BCUT2D eigenvalue weighted by Gasteiger charge is -2.48. The number of hydrogen-bond acceptors (Lipinski definition) is 4. The summed E-state index contributed by atoms with van der Waals surface area (Å²) in [5, 5.41) is 11.0. The highest BCUT2D eigenvalue weighted by molar-refractivity contribution is 6.36. The molecule has 5 rings (SSSR count).